The van der Waals surface area contributed by atoms with E-state index in [0.29, 0.717) is 5.56 Å². The first kappa shape index (κ1) is 16.1. The third-order valence-electron chi connectivity index (χ3n) is 2.53. The molecule has 0 fully saturated rings. The van der Waals surface area contributed by atoms with Crippen molar-refractivity contribution in [1.82, 2.24) is 4.90 Å². The summed E-state index contributed by atoms with van der Waals surface area (Å²) in [7, 11) is 0. The van der Waals surface area contributed by atoms with Crippen molar-refractivity contribution in [3.63, 3.8) is 0 Å². The minimum Gasteiger partial charge on any atom is -0.395 e. The van der Waals surface area contributed by atoms with Crippen molar-refractivity contribution in [3.8, 4) is 0 Å². The van der Waals surface area contributed by atoms with E-state index in [1.165, 1.54) is 11.3 Å². The van der Waals surface area contributed by atoms with E-state index < -0.39 is 19.3 Å². The summed E-state index contributed by atoms with van der Waals surface area (Å²) in [6, 6.07) is 1.69. The predicted octanol–water partition coefficient (Wildman–Crippen LogP) is 2.40. The van der Waals surface area contributed by atoms with Gasteiger partial charge in [0.1, 0.15) is 0 Å². The van der Waals surface area contributed by atoms with E-state index in [9.17, 15) is 18.0 Å². The molecule has 1 rings (SSSR count). The van der Waals surface area contributed by atoms with Crippen LogP contribution in [0.5, 0.6) is 0 Å². The van der Waals surface area contributed by atoms with Gasteiger partial charge in [-0.3, -0.25) is 9.69 Å². The lowest BCUT2D eigenvalue weighted by atomic mass is 10.1. The number of aliphatic hydroxyl groups is 1. The largest absolute Gasteiger partial charge is 0.401 e. The molecule has 7 heteroatoms. The highest BCUT2D eigenvalue weighted by molar-refractivity contribution is 7.12. The smallest absolute Gasteiger partial charge is 0.395 e. The van der Waals surface area contributed by atoms with E-state index in [4.69, 9.17) is 5.11 Å². The maximum Gasteiger partial charge on any atom is 0.401 e. The standard InChI is InChI=1S/C12H16F3NO2S/c1-8-5-10(9(2)19-8)11(18)6-16(3-4-17)7-12(13,14)15/h5,17H,3-4,6-7H2,1-2H3. The van der Waals surface area contributed by atoms with Crippen LogP contribution in [0.1, 0.15) is 20.1 Å². The summed E-state index contributed by atoms with van der Waals surface area (Å²) in [4.78, 5) is 14.6. The first-order valence-corrected chi connectivity index (χ1v) is 6.55. The van der Waals surface area contributed by atoms with Gasteiger partial charge in [-0.25, -0.2) is 0 Å². The highest BCUT2D eigenvalue weighted by Crippen LogP contribution is 2.22. The minimum atomic E-state index is -4.38. The first-order valence-electron chi connectivity index (χ1n) is 5.73. The number of nitrogens with zero attached hydrogens (tertiary/aromatic N) is 1. The second-order valence-corrected chi connectivity index (χ2v) is 5.76. The Morgan fingerprint density at radius 1 is 1.42 bits per heavy atom. The minimum absolute atomic E-state index is 0.173. The van der Waals surface area contributed by atoms with Gasteiger partial charge in [0.25, 0.3) is 0 Å². The SMILES string of the molecule is Cc1cc(C(=O)CN(CCO)CC(F)(F)F)c(C)s1. The number of ketones is 1. The van der Waals surface area contributed by atoms with Gasteiger partial charge in [-0.1, -0.05) is 0 Å². The molecule has 108 valence electrons. The molecule has 1 N–H and O–H groups in total. The van der Waals surface area contributed by atoms with E-state index in [1.54, 1.807) is 13.0 Å². The Labute approximate surface area is 113 Å². The van der Waals surface area contributed by atoms with Crippen LogP contribution in [0.25, 0.3) is 0 Å². The maximum absolute atomic E-state index is 12.3. The Morgan fingerprint density at radius 3 is 2.47 bits per heavy atom. The zero-order chi connectivity index (χ0) is 14.6. The Balaban J connectivity index is 2.73. The molecule has 0 amide bonds. The van der Waals surface area contributed by atoms with Crippen LogP contribution >= 0.6 is 11.3 Å². The van der Waals surface area contributed by atoms with Crippen molar-refractivity contribution < 1.29 is 23.1 Å². The van der Waals surface area contributed by atoms with Gasteiger partial charge in [0.15, 0.2) is 5.78 Å². The third-order valence-corrected chi connectivity index (χ3v) is 3.49. The summed E-state index contributed by atoms with van der Waals surface area (Å²) < 4.78 is 37.0. The van der Waals surface area contributed by atoms with E-state index in [-0.39, 0.29) is 18.9 Å². The van der Waals surface area contributed by atoms with Gasteiger partial charge < -0.3 is 5.11 Å². The number of rotatable bonds is 6. The van der Waals surface area contributed by atoms with Crippen LogP contribution in [0, 0.1) is 13.8 Å². The topological polar surface area (TPSA) is 40.5 Å². The molecule has 1 aromatic rings. The van der Waals surface area contributed by atoms with Gasteiger partial charge in [-0.15, -0.1) is 11.3 Å². The van der Waals surface area contributed by atoms with Crippen molar-refractivity contribution in [1.29, 1.82) is 0 Å². The summed E-state index contributed by atoms with van der Waals surface area (Å²) >= 11 is 1.44. The monoisotopic (exact) mass is 295 g/mol. The Hall–Kier alpha value is -0.920. The molecule has 0 spiro atoms. The van der Waals surface area contributed by atoms with Crippen LogP contribution in [-0.2, 0) is 0 Å². The Kier molecular flexibility index (Phi) is 5.51. The molecule has 0 aliphatic rings. The fraction of sp³-hybridized carbons (Fsp3) is 0.583. The number of thiophene rings is 1. The quantitative estimate of drug-likeness (QED) is 0.819. The van der Waals surface area contributed by atoms with Crippen molar-refractivity contribution >= 4 is 17.1 Å². The number of carbonyl (C=O) groups is 1. The molecule has 3 nitrogen and oxygen atoms in total. The molecule has 1 aromatic heterocycles. The van der Waals surface area contributed by atoms with Crippen molar-refractivity contribution in [3.05, 3.63) is 21.4 Å². The molecule has 0 aliphatic carbocycles. The lowest BCUT2D eigenvalue weighted by Gasteiger charge is -2.21. The highest BCUT2D eigenvalue weighted by atomic mass is 32.1. The number of aliphatic hydroxyl groups excluding tert-OH is 1. The molecular weight excluding hydrogens is 279 g/mol. The molecule has 0 atom stereocenters. The normalized spacial score (nSPS) is 12.2. The zero-order valence-corrected chi connectivity index (χ0v) is 11.6. The Bertz CT molecular complexity index is 443. The maximum atomic E-state index is 12.3. The van der Waals surface area contributed by atoms with Gasteiger partial charge in [-0.2, -0.15) is 13.2 Å². The molecule has 0 radical (unpaired) electrons. The summed E-state index contributed by atoms with van der Waals surface area (Å²) in [5.41, 5.74) is 0.465. The van der Waals surface area contributed by atoms with Crippen molar-refractivity contribution in [2.24, 2.45) is 0 Å². The molecule has 0 unspecified atom stereocenters. The van der Waals surface area contributed by atoms with Crippen LogP contribution < -0.4 is 0 Å². The first-order chi connectivity index (χ1) is 8.73. The summed E-state index contributed by atoms with van der Waals surface area (Å²) in [5.74, 6) is -0.348. The average molecular weight is 295 g/mol. The number of aryl methyl sites for hydroxylation is 2. The summed E-state index contributed by atoms with van der Waals surface area (Å²) in [6.07, 6.45) is -4.38. The van der Waals surface area contributed by atoms with Crippen molar-refractivity contribution in [2.45, 2.75) is 20.0 Å². The van der Waals surface area contributed by atoms with Crippen LogP contribution in [0.15, 0.2) is 6.07 Å². The third kappa shape index (κ3) is 5.30. The average Bonchev–Trinajstić information content (AvgIpc) is 2.55. The van der Waals surface area contributed by atoms with Gasteiger partial charge in [0, 0.05) is 21.9 Å². The van der Waals surface area contributed by atoms with Crippen LogP contribution in [0.4, 0.5) is 13.2 Å². The second kappa shape index (κ2) is 6.49. The number of Topliss-reactive ketones (excluding diaryl/α,β-unsaturated/α-hetero) is 1. The number of alkyl halides is 3. The predicted molar refractivity (Wildman–Crippen MR) is 67.7 cm³/mol. The van der Waals surface area contributed by atoms with Gasteiger partial charge in [0.05, 0.1) is 19.7 Å². The number of halogens is 3. The molecule has 0 bridgehead atoms. The van der Waals surface area contributed by atoms with Crippen LogP contribution in [-0.4, -0.2) is 48.2 Å². The fourth-order valence-electron chi connectivity index (χ4n) is 1.80. The fourth-order valence-corrected chi connectivity index (χ4v) is 2.75. The number of hydrogen-bond acceptors (Lipinski definition) is 4. The summed E-state index contributed by atoms with van der Waals surface area (Å²) in [6.45, 7) is 1.50. The van der Waals surface area contributed by atoms with Gasteiger partial charge in [-0.05, 0) is 19.9 Å². The molecule has 0 aromatic carbocycles. The molecule has 1 heterocycles. The highest BCUT2D eigenvalue weighted by Gasteiger charge is 2.31. The molecular formula is C12H16F3NO2S. The Morgan fingerprint density at radius 2 is 2.05 bits per heavy atom. The number of carbonyl (C=O) groups excluding carboxylic acids is 1. The van der Waals surface area contributed by atoms with E-state index >= 15 is 0 Å². The van der Waals surface area contributed by atoms with Crippen LogP contribution in [0.3, 0.4) is 0 Å². The summed E-state index contributed by atoms with van der Waals surface area (Å²) in [5, 5.41) is 8.76. The lowest BCUT2D eigenvalue weighted by Crippen LogP contribution is -2.39. The molecule has 0 saturated heterocycles. The number of hydrogen-bond donors (Lipinski definition) is 1. The second-order valence-electron chi connectivity index (χ2n) is 4.30. The van der Waals surface area contributed by atoms with E-state index in [0.717, 1.165) is 14.7 Å². The van der Waals surface area contributed by atoms with E-state index in [1.807, 2.05) is 6.92 Å². The van der Waals surface area contributed by atoms with E-state index in [2.05, 4.69) is 0 Å². The van der Waals surface area contributed by atoms with Crippen molar-refractivity contribution in [2.75, 3.05) is 26.2 Å². The lowest BCUT2D eigenvalue weighted by molar-refractivity contribution is -0.145. The van der Waals surface area contributed by atoms with Gasteiger partial charge >= 0.3 is 6.18 Å². The zero-order valence-electron chi connectivity index (χ0n) is 10.8. The van der Waals surface area contributed by atoms with Crippen LogP contribution in [0.2, 0.25) is 0 Å². The molecule has 0 aliphatic heterocycles. The molecule has 0 saturated carbocycles. The van der Waals surface area contributed by atoms with Gasteiger partial charge in [0.2, 0.25) is 0 Å². The molecule has 19 heavy (non-hydrogen) atoms.